The van der Waals surface area contributed by atoms with Crippen LogP contribution in [0.25, 0.3) is 20.7 Å². The molecule has 7 rings (SSSR count). The summed E-state index contributed by atoms with van der Waals surface area (Å²) in [5.74, 6) is 0.217. The van der Waals surface area contributed by atoms with Crippen LogP contribution in [0.1, 0.15) is 60.9 Å². The van der Waals surface area contributed by atoms with Crippen molar-refractivity contribution in [2.24, 2.45) is 0 Å². The second-order valence-corrected chi connectivity index (χ2v) is 13.9. The van der Waals surface area contributed by atoms with Crippen LogP contribution in [0.15, 0.2) is 59.5 Å². The van der Waals surface area contributed by atoms with E-state index in [2.05, 4.69) is 35.9 Å². The first kappa shape index (κ1) is 34.2. The number of fused-ring (bicyclic) bond motifs is 1. The van der Waals surface area contributed by atoms with Crippen molar-refractivity contribution in [1.29, 1.82) is 0 Å². The van der Waals surface area contributed by atoms with E-state index in [1.165, 1.54) is 29.8 Å². The van der Waals surface area contributed by atoms with E-state index in [-0.39, 0.29) is 30.8 Å². The molecule has 14 heteroatoms. The van der Waals surface area contributed by atoms with Crippen LogP contribution in [-0.4, -0.2) is 56.6 Å². The second-order valence-electron chi connectivity index (χ2n) is 12.1. The molecule has 260 valence electrons. The lowest BCUT2D eigenvalue weighted by molar-refractivity contribution is -0.145. The van der Waals surface area contributed by atoms with Gasteiger partial charge in [0, 0.05) is 31.2 Å². The molecule has 0 spiro atoms. The largest absolute Gasteiger partial charge is 0.487 e. The monoisotopic (exact) mass is 764 g/mol. The van der Waals surface area contributed by atoms with Gasteiger partial charge in [-0.2, -0.15) is 0 Å². The number of carbonyl (C=O) groups is 1. The second kappa shape index (κ2) is 15.3. The van der Waals surface area contributed by atoms with Gasteiger partial charge in [-0.3, -0.25) is 0 Å². The van der Waals surface area contributed by atoms with Gasteiger partial charge in [0.05, 0.1) is 27.0 Å². The highest BCUT2D eigenvalue weighted by molar-refractivity contribution is 9.10. The van der Waals surface area contributed by atoms with Gasteiger partial charge in [0.1, 0.15) is 41.2 Å². The Morgan fingerprint density at radius 1 is 1.06 bits per heavy atom. The van der Waals surface area contributed by atoms with E-state index in [4.69, 9.17) is 23.7 Å². The summed E-state index contributed by atoms with van der Waals surface area (Å²) in [5, 5.41) is 11.0. The summed E-state index contributed by atoms with van der Waals surface area (Å²) in [4.78, 5) is 31.9. The summed E-state index contributed by atoms with van der Waals surface area (Å²) < 4.78 is 44.6. The summed E-state index contributed by atoms with van der Waals surface area (Å²) in [6.07, 6.45) is 5.62. The van der Waals surface area contributed by atoms with E-state index < -0.39 is 18.4 Å². The maximum atomic E-state index is 13.6. The van der Waals surface area contributed by atoms with Gasteiger partial charge >= 0.3 is 5.97 Å². The minimum absolute atomic E-state index is 0.0736. The SMILES string of the molecule is Cc1cc(OCc2ccnc([C@@H]3CCCO3)n2)c(CC(Oc2ncnc3sc(-c4ccc(F)cc4)c(Br)c23)C(=O)O)cc1OC1CCCCO1. The predicted molar refractivity (Wildman–Crippen MR) is 186 cm³/mol. The zero-order valence-electron chi connectivity index (χ0n) is 27.1. The number of thiophene rings is 1. The number of hydrogen-bond donors (Lipinski definition) is 1. The predicted octanol–water partition coefficient (Wildman–Crippen LogP) is 7.77. The van der Waals surface area contributed by atoms with Crippen molar-refractivity contribution in [2.75, 3.05) is 13.2 Å². The summed E-state index contributed by atoms with van der Waals surface area (Å²) in [5.41, 5.74) is 2.80. The lowest BCUT2D eigenvalue weighted by Crippen LogP contribution is -2.30. The van der Waals surface area contributed by atoms with Gasteiger partial charge in [0.15, 0.2) is 12.1 Å². The molecule has 2 saturated heterocycles. The summed E-state index contributed by atoms with van der Waals surface area (Å²) >= 11 is 5.00. The van der Waals surface area contributed by atoms with Crippen LogP contribution in [0.5, 0.6) is 17.4 Å². The smallest absolute Gasteiger partial charge is 0.345 e. The van der Waals surface area contributed by atoms with Gasteiger partial charge < -0.3 is 28.8 Å². The molecule has 2 aliphatic rings. The molecule has 3 atom stereocenters. The van der Waals surface area contributed by atoms with Crippen molar-refractivity contribution in [3.05, 3.63) is 87.9 Å². The Balaban J connectivity index is 1.18. The number of carboxylic acids is 1. The Bertz CT molecular complexity index is 1980. The number of halogens is 2. The zero-order chi connectivity index (χ0) is 34.6. The molecule has 50 heavy (non-hydrogen) atoms. The summed E-state index contributed by atoms with van der Waals surface area (Å²) in [7, 11) is 0. The number of ether oxygens (including phenoxy) is 5. The number of carboxylic acid groups (broad SMARTS) is 1. The van der Waals surface area contributed by atoms with Crippen LogP contribution in [0.2, 0.25) is 0 Å². The van der Waals surface area contributed by atoms with E-state index in [1.54, 1.807) is 30.5 Å². The molecular weight excluding hydrogens is 731 g/mol. The first-order valence-corrected chi connectivity index (χ1v) is 18.0. The van der Waals surface area contributed by atoms with Gasteiger partial charge in [-0.05, 0) is 90.0 Å². The van der Waals surface area contributed by atoms with Crippen molar-refractivity contribution < 1.29 is 38.0 Å². The first-order valence-electron chi connectivity index (χ1n) is 16.4. The molecule has 2 unspecified atom stereocenters. The minimum atomic E-state index is -1.36. The fraction of sp³-hybridized carbons (Fsp3) is 0.361. The number of aromatic nitrogens is 4. The average molecular weight is 766 g/mol. The normalized spacial score (nSPS) is 18.2. The molecule has 0 saturated carbocycles. The quantitative estimate of drug-likeness (QED) is 0.134. The number of benzene rings is 2. The molecule has 2 fully saturated rings. The van der Waals surface area contributed by atoms with E-state index in [1.807, 2.05) is 13.0 Å². The van der Waals surface area contributed by atoms with Gasteiger partial charge in [-0.1, -0.05) is 12.1 Å². The van der Waals surface area contributed by atoms with E-state index in [9.17, 15) is 14.3 Å². The number of hydrogen-bond acceptors (Lipinski definition) is 11. The molecule has 0 amide bonds. The molecule has 2 aliphatic heterocycles. The van der Waals surface area contributed by atoms with Gasteiger partial charge in [-0.15, -0.1) is 11.3 Å². The van der Waals surface area contributed by atoms with Crippen molar-refractivity contribution in [3.63, 3.8) is 0 Å². The van der Waals surface area contributed by atoms with Crippen LogP contribution in [0.3, 0.4) is 0 Å². The number of aliphatic carboxylic acids is 1. The van der Waals surface area contributed by atoms with Gasteiger partial charge in [0.2, 0.25) is 12.0 Å². The molecule has 3 aromatic heterocycles. The number of nitrogens with zero attached hydrogens (tertiary/aromatic N) is 4. The number of rotatable bonds is 12. The Morgan fingerprint density at radius 3 is 2.66 bits per heavy atom. The highest BCUT2D eigenvalue weighted by atomic mass is 79.9. The highest BCUT2D eigenvalue weighted by Gasteiger charge is 2.28. The van der Waals surface area contributed by atoms with Gasteiger partial charge in [-0.25, -0.2) is 29.1 Å². The van der Waals surface area contributed by atoms with E-state index >= 15 is 0 Å². The molecule has 0 aliphatic carbocycles. The molecule has 1 N–H and O–H groups in total. The maximum Gasteiger partial charge on any atom is 0.345 e. The standard InChI is InChI=1S/C36H34BrFN4O7S/c1-20-15-27(47-18-24-11-12-39-33(42-24)25-5-4-14-45-25)22(16-26(20)48-29-6-2-3-13-46-29)17-28(36(43)44)49-34-30-31(37)32(50-35(30)41-19-40-34)21-7-9-23(38)10-8-21/h7-12,15-16,19,25,28-29H,2-6,13-14,17-18H2,1H3,(H,43,44)/t25-,28?,29?/m0/s1. The van der Waals surface area contributed by atoms with Crippen LogP contribution >= 0.6 is 27.3 Å². The van der Waals surface area contributed by atoms with Crippen molar-refractivity contribution >= 4 is 43.5 Å². The lowest BCUT2D eigenvalue weighted by atomic mass is 10.0. The van der Waals surface area contributed by atoms with Crippen LogP contribution in [0, 0.1) is 12.7 Å². The molecule has 0 bridgehead atoms. The first-order chi connectivity index (χ1) is 24.3. The Labute approximate surface area is 299 Å². The van der Waals surface area contributed by atoms with Crippen molar-refractivity contribution in [3.8, 4) is 27.8 Å². The Kier molecular flexibility index (Phi) is 10.5. The van der Waals surface area contributed by atoms with E-state index in [0.717, 1.165) is 48.1 Å². The lowest BCUT2D eigenvalue weighted by Gasteiger charge is -2.25. The third-order valence-electron chi connectivity index (χ3n) is 8.52. The van der Waals surface area contributed by atoms with Crippen molar-refractivity contribution in [1.82, 2.24) is 19.9 Å². The van der Waals surface area contributed by atoms with Crippen LogP contribution < -0.4 is 14.2 Å². The molecule has 2 aromatic carbocycles. The zero-order valence-corrected chi connectivity index (χ0v) is 29.5. The maximum absolute atomic E-state index is 13.6. The molecular formula is C36H34BrFN4O7S. The molecule has 5 heterocycles. The van der Waals surface area contributed by atoms with Crippen LogP contribution in [-0.2, 0) is 27.3 Å². The van der Waals surface area contributed by atoms with Gasteiger partial charge in [0.25, 0.3) is 0 Å². The minimum Gasteiger partial charge on any atom is -0.487 e. The molecule has 0 radical (unpaired) electrons. The molecule has 11 nitrogen and oxygen atoms in total. The van der Waals surface area contributed by atoms with Crippen molar-refractivity contribution in [2.45, 2.75) is 70.6 Å². The number of aryl methyl sites for hydroxylation is 1. The summed E-state index contributed by atoms with van der Waals surface area (Å²) in [6, 6.07) is 11.5. The third kappa shape index (κ3) is 7.73. The van der Waals surface area contributed by atoms with Crippen LogP contribution in [0.4, 0.5) is 4.39 Å². The Morgan fingerprint density at radius 2 is 1.90 bits per heavy atom. The highest BCUT2D eigenvalue weighted by Crippen LogP contribution is 2.44. The summed E-state index contributed by atoms with van der Waals surface area (Å²) in [6.45, 7) is 3.34. The topological polar surface area (TPSA) is 135 Å². The fourth-order valence-electron chi connectivity index (χ4n) is 5.92. The molecule has 5 aromatic rings. The Hall–Kier alpha value is -4.24. The average Bonchev–Trinajstić information content (AvgIpc) is 3.79. The van der Waals surface area contributed by atoms with E-state index in [0.29, 0.717) is 56.5 Å². The third-order valence-corrected chi connectivity index (χ3v) is 10.7. The fourth-order valence-corrected chi connectivity index (χ4v) is 7.91.